The summed E-state index contributed by atoms with van der Waals surface area (Å²) in [5.74, 6) is 0.552. The SMILES string of the molecule is O=C(c1cnc(C2CC2)s1)N1CCC(O)(Cc2cccc(Cl)c2)C1. The van der Waals surface area contributed by atoms with E-state index in [1.807, 2.05) is 24.3 Å². The third kappa shape index (κ3) is 3.34. The number of rotatable bonds is 4. The van der Waals surface area contributed by atoms with Crippen LogP contribution in [0.25, 0.3) is 0 Å². The molecule has 0 bridgehead atoms. The topological polar surface area (TPSA) is 53.4 Å². The maximum Gasteiger partial charge on any atom is 0.265 e. The first-order chi connectivity index (χ1) is 11.5. The Balaban J connectivity index is 1.43. The van der Waals surface area contributed by atoms with E-state index in [9.17, 15) is 9.90 Å². The Bertz CT molecular complexity index is 774. The number of benzene rings is 1. The molecule has 4 nitrogen and oxygen atoms in total. The van der Waals surface area contributed by atoms with Gasteiger partial charge in [0.05, 0.1) is 23.4 Å². The fourth-order valence-electron chi connectivity index (χ4n) is 3.26. The standard InChI is InChI=1S/C18H19ClN2O2S/c19-14-3-1-2-12(8-14)9-18(23)6-7-21(11-18)17(22)15-10-20-16(24-15)13-4-5-13/h1-3,8,10,13,23H,4-7,9,11H2. The van der Waals surface area contributed by atoms with E-state index in [2.05, 4.69) is 4.98 Å². The van der Waals surface area contributed by atoms with Gasteiger partial charge in [-0.3, -0.25) is 4.79 Å². The maximum atomic E-state index is 12.7. The minimum atomic E-state index is -0.885. The Labute approximate surface area is 150 Å². The molecule has 1 atom stereocenters. The zero-order valence-corrected chi connectivity index (χ0v) is 14.8. The van der Waals surface area contributed by atoms with Crippen LogP contribution >= 0.6 is 22.9 Å². The van der Waals surface area contributed by atoms with Gasteiger partial charge >= 0.3 is 0 Å². The molecule has 2 aliphatic rings. The van der Waals surface area contributed by atoms with Crippen molar-refractivity contribution in [2.45, 2.75) is 37.2 Å². The van der Waals surface area contributed by atoms with Crippen LogP contribution in [0.1, 0.15) is 45.4 Å². The lowest BCUT2D eigenvalue weighted by Gasteiger charge is -2.23. The van der Waals surface area contributed by atoms with E-state index in [4.69, 9.17) is 11.6 Å². The summed E-state index contributed by atoms with van der Waals surface area (Å²) in [6.07, 6.45) is 5.15. The minimum absolute atomic E-state index is 0.0126. The predicted octanol–water partition coefficient (Wildman–Crippen LogP) is 3.49. The van der Waals surface area contributed by atoms with E-state index in [1.54, 1.807) is 11.1 Å². The second-order valence-electron chi connectivity index (χ2n) is 6.84. The fraction of sp³-hybridized carbons (Fsp3) is 0.444. The number of β-amino-alcohol motifs (C(OH)–C–C–N with tert-alkyl or cyclic N) is 1. The first-order valence-electron chi connectivity index (χ1n) is 8.24. The van der Waals surface area contributed by atoms with E-state index in [-0.39, 0.29) is 5.91 Å². The number of aliphatic hydroxyl groups is 1. The molecule has 1 saturated carbocycles. The first-order valence-corrected chi connectivity index (χ1v) is 9.44. The van der Waals surface area contributed by atoms with Crippen molar-refractivity contribution in [1.82, 2.24) is 9.88 Å². The van der Waals surface area contributed by atoms with E-state index in [0.29, 0.717) is 41.7 Å². The number of carbonyl (C=O) groups is 1. The molecule has 1 unspecified atom stereocenters. The van der Waals surface area contributed by atoms with Gasteiger partial charge in [0, 0.05) is 23.9 Å². The lowest BCUT2D eigenvalue weighted by Crippen LogP contribution is -2.37. The number of halogens is 1. The van der Waals surface area contributed by atoms with Crippen molar-refractivity contribution in [2.24, 2.45) is 0 Å². The lowest BCUT2D eigenvalue weighted by molar-refractivity contribution is 0.0447. The average molecular weight is 363 g/mol. The number of likely N-dealkylation sites (tertiary alicyclic amines) is 1. The van der Waals surface area contributed by atoms with Gasteiger partial charge in [-0.2, -0.15) is 0 Å². The Kier molecular flexibility index (Phi) is 4.11. The molecule has 2 heterocycles. The van der Waals surface area contributed by atoms with Crippen LogP contribution in [-0.4, -0.2) is 39.6 Å². The molecule has 0 spiro atoms. The largest absolute Gasteiger partial charge is 0.388 e. The molecule has 0 radical (unpaired) electrons. The van der Waals surface area contributed by atoms with Crippen molar-refractivity contribution in [2.75, 3.05) is 13.1 Å². The molecule has 126 valence electrons. The summed E-state index contributed by atoms with van der Waals surface area (Å²) in [7, 11) is 0. The summed E-state index contributed by atoms with van der Waals surface area (Å²) in [6, 6.07) is 7.53. The van der Waals surface area contributed by atoms with Gasteiger partial charge in [-0.05, 0) is 37.0 Å². The molecular weight excluding hydrogens is 344 g/mol. The summed E-state index contributed by atoms with van der Waals surface area (Å²) in [5, 5.41) is 12.6. The smallest absolute Gasteiger partial charge is 0.265 e. The second-order valence-corrected chi connectivity index (χ2v) is 8.34. The Morgan fingerprint density at radius 1 is 1.46 bits per heavy atom. The van der Waals surface area contributed by atoms with Gasteiger partial charge < -0.3 is 10.0 Å². The maximum absolute atomic E-state index is 12.7. The van der Waals surface area contributed by atoms with Gasteiger partial charge in [-0.25, -0.2) is 4.98 Å². The van der Waals surface area contributed by atoms with Gasteiger partial charge in [0.1, 0.15) is 4.88 Å². The lowest BCUT2D eigenvalue weighted by atomic mass is 9.94. The number of hydrogen-bond donors (Lipinski definition) is 1. The number of thiazole rings is 1. The average Bonchev–Trinajstić information content (AvgIpc) is 3.15. The number of amides is 1. The highest BCUT2D eigenvalue weighted by molar-refractivity contribution is 7.13. The highest BCUT2D eigenvalue weighted by atomic mass is 35.5. The Hall–Kier alpha value is -1.43. The van der Waals surface area contributed by atoms with Gasteiger partial charge in [-0.15, -0.1) is 11.3 Å². The zero-order valence-electron chi connectivity index (χ0n) is 13.2. The van der Waals surface area contributed by atoms with Crippen molar-refractivity contribution >= 4 is 28.8 Å². The van der Waals surface area contributed by atoms with Crippen LogP contribution in [0.3, 0.4) is 0 Å². The summed E-state index contributed by atoms with van der Waals surface area (Å²) in [5.41, 5.74) is 0.109. The molecular formula is C18H19ClN2O2S. The van der Waals surface area contributed by atoms with E-state index >= 15 is 0 Å². The third-order valence-electron chi connectivity index (χ3n) is 4.70. The van der Waals surface area contributed by atoms with Crippen LogP contribution in [0, 0.1) is 0 Å². The number of aromatic nitrogens is 1. The van der Waals surface area contributed by atoms with E-state index in [0.717, 1.165) is 10.6 Å². The molecule has 4 rings (SSSR count). The first kappa shape index (κ1) is 16.1. The molecule has 1 aliphatic heterocycles. The van der Waals surface area contributed by atoms with Gasteiger partial charge in [0.15, 0.2) is 0 Å². The molecule has 2 fully saturated rings. The van der Waals surface area contributed by atoms with Crippen molar-refractivity contribution in [3.63, 3.8) is 0 Å². The van der Waals surface area contributed by atoms with Crippen molar-refractivity contribution in [1.29, 1.82) is 0 Å². The predicted molar refractivity (Wildman–Crippen MR) is 94.7 cm³/mol. The number of carbonyl (C=O) groups excluding carboxylic acids is 1. The van der Waals surface area contributed by atoms with Crippen molar-refractivity contribution in [3.8, 4) is 0 Å². The minimum Gasteiger partial charge on any atom is -0.388 e. The number of nitrogens with zero attached hydrogens (tertiary/aromatic N) is 2. The normalized spacial score (nSPS) is 23.7. The van der Waals surface area contributed by atoms with E-state index in [1.165, 1.54) is 24.2 Å². The van der Waals surface area contributed by atoms with Crippen LogP contribution in [0.15, 0.2) is 30.5 Å². The molecule has 1 saturated heterocycles. The van der Waals surface area contributed by atoms with Crippen LogP contribution in [0.4, 0.5) is 0 Å². The van der Waals surface area contributed by atoms with Crippen molar-refractivity contribution < 1.29 is 9.90 Å². The van der Waals surface area contributed by atoms with Crippen LogP contribution in [0.2, 0.25) is 5.02 Å². The monoisotopic (exact) mass is 362 g/mol. The molecule has 24 heavy (non-hydrogen) atoms. The van der Waals surface area contributed by atoms with Crippen LogP contribution in [-0.2, 0) is 6.42 Å². The van der Waals surface area contributed by atoms with Gasteiger partial charge in [-0.1, -0.05) is 23.7 Å². The molecule has 2 aromatic rings. The zero-order chi connectivity index (χ0) is 16.7. The summed E-state index contributed by atoms with van der Waals surface area (Å²) in [4.78, 5) is 19.5. The van der Waals surface area contributed by atoms with E-state index < -0.39 is 5.60 Å². The summed E-state index contributed by atoms with van der Waals surface area (Å²) >= 11 is 7.52. The second kappa shape index (κ2) is 6.14. The highest BCUT2D eigenvalue weighted by Gasteiger charge is 2.39. The fourth-order valence-corrected chi connectivity index (χ4v) is 4.53. The molecule has 1 N–H and O–H groups in total. The van der Waals surface area contributed by atoms with Crippen molar-refractivity contribution in [3.05, 3.63) is 50.9 Å². The molecule has 1 aromatic heterocycles. The molecule has 1 aromatic carbocycles. The highest BCUT2D eigenvalue weighted by Crippen LogP contribution is 2.42. The van der Waals surface area contributed by atoms with Gasteiger partial charge in [0.25, 0.3) is 5.91 Å². The third-order valence-corrected chi connectivity index (χ3v) is 6.09. The Morgan fingerprint density at radius 3 is 3.04 bits per heavy atom. The Morgan fingerprint density at radius 2 is 2.29 bits per heavy atom. The van der Waals surface area contributed by atoms with Crippen LogP contribution < -0.4 is 0 Å². The molecule has 1 aliphatic carbocycles. The van der Waals surface area contributed by atoms with Crippen LogP contribution in [0.5, 0.6) is 0 Å². The van der Waals surface area contributed by atoms with Gasteiger partial charge in [0.2, 0.25) is 0 Å². The summed E-state index contributed by atoms with van der Waals surface area (Å²) in [6.45, 7) is 0.932. The number of hydrogen-bond acceptors (Lipinski definition) is 4. The summed E-state index contributed by atoms with van der Waals surface area (Å²) < 4.78 is 0. The quantitative estimate of drug-likeness (QED) is 0.905. The molecule has 6 heteroatoms. The molecule has 1 amide bonds.